The van der Waals surface area contributed by atoms with Crippen molar-refractivity contribution in [3.05, 3.63) is 12.7 Å². The van der Waals surface area contributed by atoms with E-state index in [4.69, 9.17) is 0 Å². The first-order valence-electron chi connectivity index (χ1n) is 5.81. The molecule has 1 aliphatic rings. The van der Waals surface area contributed by atoms with Crippen LogP contribution in [0, 0.1) is 11.8 Å². The fourth-order valence-electron chi connectivity index (χ4n) is 1.81. The second kappa shape index (κ2) is 4.75. The zero-order valence-electron chi connectivity index (χ0n) is 9.56. The van der Waals surface area contributed by atoms with E-state index in [-0.39, 0.29) is 0 Å². The second-order valence-corrected chi connectivity index (χ2v) is 4.73. The van der Waals surface area contributed by atoms with Crippen LogP contribution < -0.4 is 5.32 Å². The molecule has 3 unspecified atom stereocenters. The predicted octanol–water partition coefficient (Wildman–Crippen LogP) is 1.30. The van der Waals surface area contributed by atoms with E-state index in [1.54, 1.807) is 12.7 Å². The molecule has 0 amide bonds. The van der Waals surface area contributed by atoms with E-state index in [0.29, 0.717) is 6.04 Å². The van der Waals surface area contributed by atoms with Crippen LogP contribution in [0.1, 0.15) is 26.7 Å². The Labute approximate surface area is 91.1 Å². The van der Waals surface area contributed by atoms with Crippen LogP contribution in [0.25, 0.3) is 0 Å². The van der Waals surface area contributed by atoms with Gasteiger partial charge in [0.15, 0.2) is 0 Å². The molecule has 4 heteroatoms. The maximum atomic E-state index is 4.09. The smallest absolute Gasteiger partial charge is 0.137 e. The lowest BCUT2D eigenvalue weighted by molar-refractivity contribution is 0.446. The number of rotatable bonds is 6. The van der Waals surface area contributed by atoms with E-state index >= 15 is 0 Å². The summed E-state index contributed by atoms with van der Waals surface area (Å²) in [5.74, 6) is 1.87. The number of hydrogen-bond donors (Lipinski definition) is 1. The van der Waals surface area contributed by atoms with Gasteiger partial charge in [-0.3, -0.25) is 4.68 Å². The molecule has 1 aliphatic carbocycles. The van der Waals surface area contributed by atoms with Crippen molar-refractivity contribution in [1.82, 2.24) is 20.1 Å². The quantitative estimate of drug-likeness (QED) is 0.766. The fourth-order valence-corrected chi connectivity index (χ4v) is 1.81. The van der Waals surface area contributed by atoms with Crippen LogP contribution in [0.2, 0.25) is 0 Å². The Morgan fingerprint density at radius 2 is 2.40 bits per heavy atom. The second-order valence-electron chi connectivity index (χ2n) is 4.73. The Morgan fingerprint density at radius 1 is 1.60 bits per heavy atom. The standard InChI is InChI=1S/C11H20N4/c1-9-5-11(9)6-13-10(2)3-4-15-8-12-7-14-15/h7-11,13H,3-6H2,1-2H3. The maximum absolute atomic E-state index is 4.09. The van der Waals surface area contributed by atoms with Crippen LogP contribution in [0.15, 0.2) is 12.7 Å². The topological polar surface area (TPSA) is 42.7 Å². The Hall–Kier alpha value is -0.900. The molecule has 0 radical (unpaired) electrons. The molecular weight excluding hydrogens is 188 g/mol. The molecule has 1 fully saturated rings. The van der Waals surface area contributed by atoms with E-state index in [1.165, 1.54) is 13.0 Å². The zero-order valence-corrected chi connectivity index (χ0v) is 9.56. The molecule has 1 N–H and O–H groups in total. The first-order chi connectivity index (χ1) is 7.25. The lowest BCUT2D eigenvalue weighted by atomic mass is 10.2. The van der Waals surface area contributed by atoms with E-state index in [0.717, 1.165) is 24.8 Å². The summed E-state index contributed by atoms with van der Waals surface area (Å²) in [5.41, 5.74) is 0. The molecule has 1 heterocycles. The van der Waals surface area contributed by atoms with Crippen LogP contribution in [0.5, 0.6) is 0 Å². The van der Waals surface area contributed by atoms with Gasteiger partial charge in [0, 0.05) is 12.6 Å². The van der Waals surface area contributed by atoms with Gasteiger partial charge < -0.3 is 5.32 Å². The minimum absolute atomic E-state index is 0.571. The van der Waals surface area contributed by atoms with Crippen LogP contribution in [0.4, 0.5) is 0 Å². The van der Waals surface area contributed by atoms with Gasteiger partial charge in [0.05, 0.1) is 0 Å². The third-order valence-corrected chi connectivity index (χ3v) is 3.26. The summed E-state index contributed by atoms with van der Waals surface area (Å²) in [7, 11) is 0. The monoisotopic (exact) mass is 208 g/mol. The molecule has 2 rings (SSSR count). The third kappa shape index (κ3) is 3.30. The molecular formula is C11H20N4. The molecule has 0 bridgehead atoms. The van der Waals surface area contributed by atoms with Gasteiger partial charge in [0.1, 0.15) is 12.7 Å². The predicted molar refractivity (Wildman–Crippen MR) is 59.4 cm³/mol. The summed E-state index contributed by atoms with van der Waals surface area (Å²) in [5, 5.41) is 7.66. The lowest BCUT2D eigenvalue weighted by Gasteiger charge is -2.13. The number of hydrogen-bond acceptors (Lipinski definition) is 3. The van der Waals surface area contributed by atoms with Gasteiger partial charge in [-0.15, -0.1) is 0 Å². The highest BCUT2D eigenvalue weighted by molar-refractivity contribution is 4.84. The minimum Gasteiger partial charge on any atom is -0.314 e. The fraction of sp³-hybridized carbons (Fsp3) is 0.818. The Balaban J connectivity index is 1.58. The molecule has 3 atom stereocenters. The van der Waals surface area contributed by atoms with Gasteiger partial charge in [-0.25, -0.2) is 4.98 Å². The van der Waals surface area contributed by atoms with E-state index in [1.807, 2.05) is 4.68 Å². The van der Waals surface area contributed by atoms with Crippen LogP contribution in [-0.2, 0) is 6.54 Å². The van der Waals surface area contributed by atoms with Crippen molar-refractivity contribution in [2.45, 2.75) is 39.3 Å². The molecule has 84 valence electrons. The highest BCUT2D eigenvalue weighted by atomic mass is 15.3. The van der Waals surface area contributed by atoms with Gasteiger partial charge in [0.25, 0.3) is 0 Å². The van der Waals surface area contributed by atoms with Crippen molar-refractivity contribution in [3.8, 4) is 0 Å². The highest BCUT2D eigenvalue weighted by Crippen LogP contribution is 2.36. The van der Waals surface area contributed by atoms with Gasteiger partial charge in [-0.05, 0) is 38.1 Å². The summed E-state index contributed by atoms with van der Waals surface area (Å²) in [6.45, 7) is 6.70. The largest absolute Gasteiger partial charge is 0.314 e. The zero-order chi connectivity index (χ0) is 10.7. The summed E-state index contributed by atoms with van der Waals surface area (Å²) in [4.78, 5) is 3.93. The summed E-state index contributed by atoms with van der Waals surface area (Å²) in [6, 6.07) is 0.571. The lowest BCUT2D eigenvalue weighted by Crippen LogP contribution is -2.29. The third-order valence-electron chi connectivity index (χ3n) is 3.26. The summed E-state index contributed by atoms with van der Waals surface area (Å²) in [6.07, 6.45) is 5.88. The number of nitrogens with zero attached hydrogens (tertiary/aromatic N) is 3. The first kappa shape index (κ1) is 10.6. The number of aryl methyl sites for hydroxylation is 1. The molecule has 15 heavy (non-hydrogen) atoms. The van der Waals surface area contributed by atoms with Gasteiger partial charge in [-0.1, -0.05) is 6.92 Å². The molecule has 0 aromatic carbocycles. The van der Waals surface area contributed by atoms with Gasteiger partial charge in [0.2, 0.25) is 0 Å². The van der Waals surface area contributed by atoms with Crippen LogP contribution >= 0.6 is 0 Å². The summed E-state index contributed by atoms with van der Waals surface area (Å²) >= 11 is 0. The number of aromatic nitrogens is 3. The average molecular weight is 208 g/mol. The van der Waals surface area contributed by atoms with Gasteiger partial charge in [-0.2, -0.15) is 5.10 Å². The molecule has 4 nitrogen and oxygen atoms in total. The van der Waals surface area contributed by atoms with Gasteiger partial charge >= 0.3 is 0 Å². The SMILES string of the molecule is CC(CCn1cncn1)NCC1CC1C. The minimum atomic E-state index is 0.571. The Morgan fingerprint density at radius 3 is 3.00 bits per heavy atom. The van der Waals surface area contributed by atoms with Crippen molar-refractivity contribution in [3.63, 3.8) is 0 Å². The van der Waals surface area contributed by atoms with E-state index in [2.05, 4.69) is 29.2 Å². The summed E-state index contributed by atoms with van der Waals surface area (Å²) < 4.78 is 1.89. The highest BCUT2D eigenvalue weighted by Gasteiger charge is 2.31. The Kier molecular flexibility index (Phi) is 3.36. The van der Waals surface area contributed by atoms with Crippen molar-refractivity contribution >= 4 is 0 Å². The number of nitrogens with one attached hydrogen (secondary N) is 1. The maximum Gasteiger partial charge on any atom is 0.137 e. The normalized spacial score (nSPS) is 26.5. The molecule has 1 saturated carbocycles. The molecule has 1 aromatic rings. The Bertz CT molecular complexity index is 283. The van der Waals surface area contributed by atoms with Crippen molar-refractivity contribution in [1.29, 1.82) is 0 Å². The molecule has 0 spiro atoms. The van der Waals surface area contributed by atoms with E-state index in [9.17, 15) is 0 Å². The van der Waals surface area contributed by atoms with Crippen LogP contribution in [0.3, 0.4) is 0 Å². The van der Waals surface area contributed by atoms with Crippen LogP contribution in [-0.4, -0.2) is 27.4 Å². The van der Waals surface area contributed by atoms with Crippen molar-refractivity contribution in [2.24, 2.45) is 11.8 Å². The first-order valence-corrected chi connectivity index (χ1v) is 5.81. The van der Waals surface area contributed by atoms with Crippen molar-refractivity contribution < 1.29 is 0 Å². The van der Waals surface area contributed by atoms with Crippen molar-refractivity contribution in [2.75, 3.05) is 6.54 Å². The molecule has 1 aromatic heterocycles. The van der Waals surface area contributed by atoms with E-state index < -0.39 is 0 Å². The molecule has 0 saturated heterocycles. The molecule has 0 aliphatic heterocycles. The average Bonchev–Trinajstić information content (AvgIpc) is 2.73.